The van der Waals surface area contributed by atoms with E-state index < -0.39 is 0 Å². The minimum absolute atomic E-state index is 0.195. The molecule has 1 unspecified atom stereocenters. The maximum absolute atomic E-state index is 11.4. The van der Waals surface area contributed by atoms with E-state index in [0.717, 1.165) is 0 Å². The third-order valence-electron chi connectivity index (χ3n) is 2.14. The molecule has 2 nitrogen and oxygen atoms in total. The molecule has 0 amide bonds. The number of hydrogen-bond donors (Lipinski definition) is 0. The van der Waals surface area contributed by atoms with Crippen molar-refractivity contribution in [3.63, 3.8) is 0 Å². The molecule has 78 valence electrons. The van der Waals surface area contributed by atoms with Gasteiger partial charge < -0.3 is 4.74 Å². The van der Waals surface area contributed by atoms with Gasteiger partial charge in [-0.05, 0) is 25.1 Å². The van der Waals surface area contributed by atoms with Crippen molar-refractivity contribution in [2.45, 2.75) is 13.0 Å². The molecule has 1 aliphatic heterocycles. The Kier molecular flexibility index (Phi) is 2.72. The van der Waals surface area contributed by atoms with E-state index in [1.165, 1.54) is 0 Å². The second-order valence-electron chi connectivity index (χ2n) is 3.31. The van der Waals surface area contributed by atoms with E-state index in [-0.39, 0.29) is 12.1 Å². The summed E-state index contributed by atoms with van der Waals surface area (Å²) in [6, 6.07) is 5.02. The number of halogens is 2. The predicted octanol–water partition coefficient (Wildman–Crippen LogP) is 3.32. The Morgan fingerprint density at radius 2 is 2.07 bits per heavy atom. The molecule has 0 fully saturated rings. The highest BCUT2D eigenvalue weighted by molar-refractivity contribution is 6.37. The lowest BCUT2D eigenvalue weighted by Crippen LogP contribution is -2.03. The van der Waals surface area contributed by atoms with Crippen molar-refractivity contribution in [2.75, 3.05) is 0 Å². The number of hydrogen-bond acceptors (Lipinski definition) is 2. The fraction of sp³-hybridized carbons (Fsp3) is 0.182. The van der Waals surface area contributed by atoms with Gasteiger partial charge in [-0.3, -0.25) is 0 Å². The average molecular weight is 243 g/mol. The first-order valence-corrected chi connectivity index (χ1v) is 5.22. The first-order chi connectivity index (χ1) is 7.08. The predicted molar refractivity (Wildman–Crippen MR) is 60.0 cm³/mol. The summed E-state index contributed by atoms with van der Waals surface area (Å²) >= 11 is 11.8. The quantitative estimate of drug-likeness (QED) is 0.707. The second-order valence-corrected chi connectivity index (χ2v) is 4.16. The van der Waals surface area contributed by atoms with Crippen molar-refractivity contribution in [2.24, 2.45) is 0 Å². The molecule has 0 saturated heterocycles. The zero-order valence-corrected chi connectivity index (χ0v) is 9.47. The first-order valence-electron chi connectivity index (χ1n) is 4.46. The van der Waals surface area contributed by atoms with Gasteiger partial charge >= 0.3 is 5.97 Å². The normalized spacial score (nSPS) is 20.1. The van der Waals surface area contributed by atoms with Gasteiger partial charge in [0.25, 0.3) is 0 Å². The molecule has 1 aliphatic rings. The molecule has 1 atom stereocenters. The van der Waals surface area contributed by atoms with Crippen molar-refractivity contribution in [3.05, 3.63) is 39.9 Å². The van der Waals surface area contributed by atoms with Crippen LogP contribution in [0.2, 0.25) is 10.0 Å². The smallest absolute Gasteiger partial charge is 0.339 e. The summed E-state index contributed by atoms with van der Waals surface area (Å²) in [5.41, 5.74) is 1.17. The maximum Gasteiger partial charge on any atom is 0.339 e. The van der Waals surface area contributed by atoms with E-state index in [2.05, 4.69) is 0 Å². The zero-order valence-electron chi connectivity index (χ0n) is 7.96. The molecular weight excluding hydrogens is 235 g/mol. The third kappa shape index (κ3) is 2.01. The van der Waals surface area contributed by atoms with Crippen LogP contribution in [0.5, 0.6) is 0 Å². The Morgan fingerprint density at radius 1 is 1.33 bits per heavy atom. The molecule has 0 aliphatic carbocycles. The van der Waals surface area contributed by atoms with Gasteiger partial charge in [0, 0.05) is 10.6 Å². The maximum atomic E-state index is 11.4. The summed E-state index contributed by atoms with van der Waals surface area (Å²) in [6.07, 6.45) is 1.55. The molecule has 0 radical (unpaired) electrons. The molecule has 1 aromatic carbocycles. The van der Waals surface area contributed by atoms with Gasteiger partial charge in [-0.25, -0.2) is 4.79 Å². The topological polar surface area (TPSA) is 26.3 Å². The Bertz CT molecular complexity index is 452. The fourth-order valence-electron chi connectivity index (χ4n) is 1.48. The standard InChI is InChI=1S/C11H8Cl2O2/c1-6-4-9(11(14)15-6)8-3-2-7(12)5-10(8)13/h2-6H,1H3. The fourth-order valence-corrected chi connectivity index (χ4v) is 1.99. The highest BCUT2D eigenvalue weighted by Gasteiger charge is 2.24. The number of cyclic esters (lactones) is 1. The molecule has 0 aromatic heterocycles. The van der Waals surface area contributed by atoms with Crippen LogP contribution in [0.25, 0.3) is 5.57 Å². The van der Waals surface area contributed by atoms with Crippen LogP contribution in [0.15, 0.2) is 24.3 Å². The molecule has 1 aromatic rings. The zero-order chi connectivity index (χ0) is 11.0. The van der Waals surface area contributed by atoms with E-state index in [0.29, 0.717) is 21.2 Å². The van der Waals surface area contributed by atoms with Crippen LogP contribution in [0.3, 0.4) is 0 Å². The third-order valence-corrected chi connectivity index (χ3v) is 2.68. The average Bonchev–Trinajstić information content (AvgIpc) is 2.45. The van der Waals surface area contributed by atoms with Gasteiger partial charge in [0.15, 0.2) is 0 Å². The van der Waals surface area contributed by atoms with Gasteiger partial charge in [-0.15, -0.1) is 0 Å². The lowest BCUT2D eigenvalue weighted by atomic mass is 10.1. The van der Waals surface area contributed by atoms with Crippen LogP contribution in [0, 0.1) is 0 Å². The summed E-state index contributed by atoms with van der Waals surface area (Å²) in [4.78, 5) is 11.4. The summed E-state index contributed by atoms with van der Waals surface area (Å²) in [5.74, 6) is -0.341. The molecule has 0 bridgehead atoms. The van der Waals surface area contributed by atoms with Gasteiger partial charge in [0.2, 0.25) is 0 Å². The van der Waals surface area contributed by atoms with Crippen molar-refractivity contribution < 1.29 is 9.53 Å². The van der Waals surface area contributed by atoms with E-state index in [4.69, 9.17) is 27.9 Å². The van der Waals surface area contributed by atoms with E-state index in [1.807, 2.05) is 0 Å². The SMILES string of the molecule is CC1C=C(c2ccc(Cl)cc2Cl)C(=O)O1. The van der Waals surface area contributed by atoms with E-state index >= 15 is 0 Å². The molecule has 1 heterocycles. The first kappa shape index (κ1) is 10.5. The van der Waals surface area contributed by atoms with Crippen molar-refractivity contribution >= 4 is 34.7 Å². The number of carbonyl (C=O) groups is 1. The van der Waals surface area contributed by atoms with Crippen LogP contribution in [-0.4, -0.2) is 12.1 Å². The summed E-state index contributed by atoms with van der Waals surface area (Å²) in [5, 5.41) is 1.00. The Labute approximate surface area is 97.4 Å². The van der Waals surface area contributed by atoms with Gasteiger partial charge in [0.1, 0.15) is 6.10 Å². The number of benzene rings is 1. The molecule has 0 saturated carbocycles. The van der Waals surface area contributed by atoms with Crippen LogP contribution in [-0.2, 0) is 9.53 Å². The number of esters is 1. The molecule has 15 heavy (non-hydrogen) atoms. The summed E-state index contributed by atoms with van der Waals surface area (Å²) in [7, 11) is 0. The number of rotatable bonds is 1. The largest absolute Gasteiger partial charge is 0.455 e. The Hall–Kier alpha value is -0.990. The van der Waals surface area contributed by atoms with Crippen molar-refractivity contribution in [1.82, 2.24) is 0 Å². The molecule has 2 rings (SSSR count). The van der Waals surface area contributed by atoms with E-state index in [9.17, 15) is 4.79 Å². The summed E-state index contributed by atoms with van der Waals surface area (Å²) < 4.78 is 4.99. The minimum Gasteiger partial charge on any atom is -0.455 e. The number of carbonyl (C=O) groups excluding carboxylic acids is 1. The Morgan fingerprint density at radius 3 is 2.60 bits per heavy atom. The van der Waals surface area contributed by atoms with E-state index in [1.54, 1.807) is 31.2 Å². The van der Waals surface area contributed by atoms with Crippen molar-refractivity contribution in [1.29, 1.82) is 0 Å². The number of ether oxygens (including phenoxy) is 1. The monoisotopic (exact) mass is 242 g/mol. The summed E-state index contributed by atoms with van der Waals surface area (Å²) in [6.45, 7) is 1.80. The Balaban J connectivity index is 2.46. The molecule has 4 heteroatoms. The van der Waals surface area contributed by atoms with Gasteiger partial charge in [0.05, 0.1) is 10.6 Å². The van der Waals surface area contributed by atoms with Gasteiger partial charge in [-0.1, -0.05) is 29.3 Å². The van der Waals surface area contributed by atoms with Crippen LogP contribution < -0.4 is 0 Å². The molecule has 0 N–H and O–H groups in total. The lowest BCUT2D eigenvalue weighted by molar-refractivity contribution is -0.137. The van der Waals surface area contributed by atoms with Gasteiger partial charge in [-0.2, -0.15) is 0 Å². The lowest BCUT2D eigenvalue weighted by Gasteiger charge is -2.03. The minimum atomic E-state index is -0.341. The highest BCUT2D eigenvalue weighted by atomic mass is 35.5. The van der Waals surface area contributed by atoms with Crippen LogP contribution in [0.1, 0.15) is 12.5 Å². The second kappa shape index (κ2) is 3.87. The molecule has 0 spiro atoms. The van der Waals surface area contributed by atoms with Crippen molar-refractivity contribution in [3.8, 4) is 0 Å². The van der Waals surface area contributed by atoms with Crippen LogP contribution >= 0.6 is 23.2 Å². The molecular formula is C11H8Cl2O2. The van der Waals surface area contributed by atoms with Crippen LogP contribution in [0.4, 0.5) is 0 Å². The highest BCUT2D eigenvalue weighted by Crippen LogP contribution is 2.31.